The molecule has 7 nitrogen and oxygen atoms in total. The van der Waals surface area contributed by atoms with Gasteiger partial charge < -0.3 is 4.74 Å². The van der Waals surface area contributed by atoms with E-state index in [2.05, 4.69) is 19.8 Å². The zero-order chi connectivity index (χ0) is 19.4. The molecule has 1 aliphatic rings. The van der Waals surface area contributed by atoms with E-state index in [9.17, 15) is 8.42 Å². The van der Waals surface area contributed by atoms with Crippen molar-refractivity contribution < 1.29 is 13.2 Å². The summed E-state index contributed by atoms with van der Waals surface area (Å²) in [6, 6.07) is 7.75. The Kier molecular flexibility index (Phi) is 6.18. The fourth-order valence-electron chi connectivity index (χ4n) is 3.80. The van der Waals surface area contributed by atoms with Gasteiger partial charge in [-0.3, -0.25) is 10.00 Å². The molecule has 1 aromatic carbocycles. The number of nitrogens with zero attached hydrogens (tertiary/aromatic N) is 2. The van der Waals surface area contributed by atoms with Gasteiger partial charge in [0.15, 0.2) is 0 Å². The number of hydrogen-bond acceptors (Lipinski definition) is 5. The molecule has 1 aliphatic heterocycles. The zero-order valence-corrected chi connectivity index (χ0v) is 17.0. The van der Waals surface area contributed by atoms with Crippen molar-refractivity contribution in [3.05, 3.63) is 41.2 Å². The van der Waals surface area contributed by atoms with Gasteiger partial charge in [-0.25, -0.2) is 13.1 Å². The van der Waals surface area contributed by atoms with E-state index in [0.29, 0.717) is 11.4 Å². The Labute approximate surface area is 161 Å². The van der Waals surface area contributed by atoms with Gasteiger partial charge in [-0.05, 0) is 45.8 Å². The average Bonchev–Trinajstić information content (AvgIpc) is 3.02. The number of benzene rings is 1. The van der Waals surface area contributed by atoms with E-state index in [-0.39, 0.29) is 17.5 Å². The molecule has 1 fully saturated rings. The molecule has 3 rings (SSSR count). The van der Waals surface area contributed by atoms with Crippen molar-refractivity contribution in [2.24, 2.45) is 0 Å². The number of rotatable bonds is 7. The van der Waals surface area contributed by atoms with Crippen LogP contribution in [0.4, 0.5) is 0 Å². The minimum Gasteiger partial charge on any atom is -0.496 e. The molecular weight excluding hydrogens is 364 g/mol. The highest BCUT2D eigenvalue weighted by molar-refractivity contribution is 7.89. The fraction of sp³-hybridized carbons (Fsp3) is 0.526. The lowest BCUT2D eigenvalue weighted by atomic mass is 10.0. The number of H-pyrrole nitrogens is 1. The van der Waals surface area contributed by atoms with E-state index in [4.69, 9.17) is 4.74 Å². The summed E-state index contributed by atoms with van der Waals surface area (Å²) >= 11 is 0. The smallest absolute Gasteiger partial charge is 0.244 e. The van der Waals surface area contributed by atoms with Gasteiger partial charge in [0, 0.05) is 12.1 Å². The molecule has 0 spiro atoms. The number of methoxy groups -OCH3 is 1. The average molecular weight is 393 g/mol. The minimum atomic E-state index is -3.65. The molecule has 0 bridgehead atoms. The maximum absolute atomic E-state index is 12.9. The second-order valence-electron chi connectivity index (χ2n) is 6.97. The van der Waals surface area contributed by atoms with Crippen molar-refractivity contribution in [1.29, 1.82) is 0 Å². The molecule has 0 aliphatic carbocycles. The standard InChI is InChI=1S/C19H28N4O3S/c1-14-19(15(2)22-21-14)27(24,25)20-13-17(23-11-7-4-8-12-23)16-9-5-6-10-18(16)26-3/h5-6,9-10,17,20H,4,7-8,11-13H2,1-3H3,(H,21,22). The molecule has 0 saturated carbocycles. The van der Waals surface area contributed by atoms with Gasteiger partial charge in [0.05, 0.1) is 24.5 Å². The number of aromatic nitrogens is 2. The number of para-hydroxylation sites is 1. The van der Waals surface area contributed by atoms with E-state index in [1.165, 1.54) is 6.42 Å². The number of hydrogen-bond donors (Lipinski definition) is 2. The van der Waals surface area contributed by atoms with Crippen molar-refractivity contribution >= 4 is 10.0 Å². The first-order chi connectivity index (χ1) is 12.9. The van der Waals surface area contributed by atoms with E-state index in [1.54, 1.807) is 21.0 Å². The number of ether oxygens (including phenoxy) is 1. The Morgan fingerprint density at radius 3 is 2.56 bits per heavy atom. The third-order valence-corrected chi connectivity index (χ3v) is 6.81. The third-order valence-electron chi connectivity index (χ3n) is 5.13. The maximum atomic E-state index is 12.9. The lowest BCUT2D eigenvalue weighted by Crippen LogP contribution is -2.41. The number of aromatic amines is 1. The van der Waals surface area contributed by atoms with Crippen LogP contribution in [-0.2, 0) is 10.0 Å². The summed E-state index contributed by atoms with van der Waals surface area (Å²) in [6.45, 7) is 5.60. The number of likely N-dealkylation sites (tertiary alicyclic amines) is 1. The molecule has 1 atom stereocenters. The highest BCUT2D eigenvalue weighted by Gasteiger charge is 2.28. The van der Waals surface area contributed by atoms with Gasteiger partial charge in [0.25, 0.3) is 0 Å². The third kappa shape index (κ3) is 4.34. The Balaban J connectivity index is 1.88. The van der Waals surface area contributed by atoms with Crippen molar-refractivity contribution in [3.63, 3.8) is 0 Å². The monoisotopic (exact) mass is 392 g/mol. The normalized spacial score (nSPS) is 17.0. The summed E-state index contributed by atoms with van der Waals surface area (Å²) in [4.78, 5) is 2.58. The minimum absolute atomic E-state index is 0.0799. The second-order valence-corrected chi connectivity index (χ2v) is 8.67. The second kappa shape index (κ2) is 8.41. The lowest BCUT2D eigenvalue weighted by molar-refractivity contribution is 0.162. The summed E-state index contributed by atoms with van der Waals surface area (Å²) in [6.07, 6.45) is 3.46. The molecular formula is C19H28N4O3S. The van der Waals surface area contributed by atoms with Crippen LogP contribution in [0.3, 0.4) is 0 Å². The van der Waals surface area contributed by atoms with E-state index in [0.717, 1.165) is 37.2 Å². The predicted molar refractivity (Wildman–Crippen MR) is 104 cm³/mol. The first-order valence-corrected chi connectivity index (χ1v) is 10.8. The van der Waals surface area contributed by atoms with Crippen molar-refractivity contribution in [1.82, 2.24) is 19.8 Å². The highest BCUT2D eigenvalue weighted by atomic mass is 32.2. The lowest BCUT2D eigenvalue weighted by Gasteiger charge is -2.35. The molecule has 2 aromatic rings. The molecule has 2 N–H and O–H groups in total. The van der Waals surface area contributed by atoms with Crippen LogP contribution < -0.4 is 9.46 Å². The molecule has 8 heteroatoms. The van der Waals surface area contributed by atoms with Crippen LogP contribution in [0.15, 0.2) is 29.2 Å². The summed E-state index contributed by atoms with van der Waals surface area (Å²) in [5.41, 5.74) is 2.03. The van der Waals surface area contributed by atoms with Crippen LogP contribution in [0.1, 0.15) is 42.3 Å². The van der Waals surface area contributed by atoms with Crippen molar-refractivity contribution in [2.45, 2.75) is 44.0 Å². The molecule has 148 valence electrons. The SMILES string of the molecule is COc1ccccc1C(CNS(=O)(=O)c1c(C)n[nH]c1C)N1CCCCC1. The fourth-order valence-corrected chi connectivity index (χ4v) is 5.21. The number of nitrogens with one attached hydrogen (secondary N) is 2. The molecule has 27 heavy (non-hydrogen) atoms. The quantitative estimate of drug-likeness (QED) is 0.756. The summed E-state index contributed by atoms with van der Waals surface area (Å²) in [5.74, 6) is 0.781. The first-order valence-electron chi connectivity index (χ1n) is 9.32. The Hall–Kier alpha value is -1.90. The van der Waals surface area contributed by atoms with Crippen molar-refractivity contribution in [2.75, 3.05) is 26.7 Å². The van der Waals surface area contributed by atoms with Gasteiger partial charge in [-0.1, -0.05) is 24.6 Å². The van der Waals surface area contributed by atoms with Gasteiger partial charge in [0.1, 0.15) is 10.6 Å². The van der Waals surface area contributed by atoms with Gasteiger partial charge in [-0.2, -0.15) is 5.10 Å². The van der Waals surface area contributed by atoms with Crippen LogP contribution in [0, 0.1) is 13.8 Å². The summed E-state index contributed by atoms with van der Waals surface area (Å²) in [5, 5.41) is 6.75. The van der Waals surface area contributed by atoms with Crippen LogP contribution >= 0.6 is 0 Å². The topological polar surface area (TPSA) is 87.3 Å². The molecule has 2 heterocycles. The molecule has 1 unspecified atom stereocenters. The van der Waals surface area contributed by atoms with Crippen LogP contribution in [0.2, 0.25) is 0 Å². The largest absolute Gasteiger partial charge is 0.496 e. The Bertz CT molecular complexity index is 853. The van der Waals surface area contributed by atoms with Gasteiger partial charge in [-0.15, -0.1) is 0 Å². The number of piperidine rings is 1. The molecule has 1 aromatic heterocycles. The summed E-state index contributed by atoms with van der Waals surface area (Å²) < 4.78 is 34.1. The predicted octanol–water partition coefficient (Wildman–Crippen LogP) is 2.54. The molecule has 0 radical (unpaired) electrons. The molecule has 0 amide bonds. The van der Waals surface area contributed by atoms with Gasteiger partial charge in [0.2, 0.25) is 10.0 Å². The molecule has 1 saturated heterocycles. The van der Waals surface area contributed by atoms with E-state index < -0.39 is 10.0 Å². The van der Waals surface area contributed by atoms with Crippen LogP contribution in [0.5, 0.6) is 5.75 Å². The highest BCUT2D eigenvalue weighted by Crippen LogP contribution is 2.31. The Morgan fingerprint density at radius 2 is 1.93 bits per heavy atom. The van der Waals surface area contributed by atoms with E-state index in [1.807, 2.05) is 24.3 Å². The number of sulfonamides is 1. The Morgan fingerprint density at radius 1 is 1.22 bits per heavy atom. The van der Waals surface area contributed by atoms with E-state index >= 15 is 0 Å². The first kappa shape index (κ1) is 19.9. The van der Waals surface area contributed by atoms with Crippen LogP contribution in [-0.4, -0.2) is 50.3 Å². The number of aryl methyl sites for hydroxylation is 2. The maximum Gasteiger partial charge on any atom is 0.244 e. The summed E-state index contributed by atoms with van der Waals surface area (Å²) in [7, 11) is -2.00. The van der Waals surface area contributed by atoms with Crippen molar-refractivity contribution in [3.8, 4) is 5.75 Å². The van der Waals surface area contributed by atoms with Crippen LogP contribution in [0.25, 0.3) is 0 Å². The van der Waals surface area contributed by atoms with Gasteiger partial charge >= 0.3 is 0 Å². The zero-order valence-electron chi connectivity index (χ0n) is 16.2.